The number of hydrogen-bond acceptors (Lipinski definition) is 6. The Morgan fingerprint density at radius 3 is 0.918 bits per heavy atom. The number of hydrogen-bond donors (Lipinski definition) is 0. The minimum Gasteiger partial charge on any atom is -0.462 e. The summed E-state index contributed by atoms with van der Waals surface area (Å²) in [5, 5.41) is 0. The lowest BCUT2D eigenvalue weighted by molar-refractivity contribution is -0.166. The van der Waals surface area contributed by atoms with E-state index in [0.717, 1.165) is 135 Å². The van der Waals surface area contributed by atoms with Crippen LogP contribution in [-0.4, -0.2) is 37.2 Å². The first-order chi connectivity index (χ1) is 36.0. The number of carbonyl (C=O) groups excluding carboxylic acids is 3. The van der Waals surface area contributed by atoms with Gasteiger partial charge in [-0.1, -0.05) is 223 Å². The number of esters is 3. The van der Waals surface area contributed by atoms with Crippen molar-refractivity contribution in [3.8, 4) is 0 Å². The number of unbranched alkanes of at least 4 members (excludes halogenated alkanes) is 10. The third-order valence-corrected chi connectivity index (χ3v) is 11.2. The molecular weight excluding hydrogens is 901 g/mol. The molecule has 0 aromatic rings. The molecule has 0 saturated heterocycles. The average Bonchev–Trinajstić information content (AvgIpc) is 3.39. The van der Waals surface area contributed by atoms with Crippen LogP contribution in [0.4, 0.5) is 0 Å². The zero-order valence-electron chi connectivity index (χ0n) is 46.3. The van der Waals surface area contributed by atoms with E-state index in [4.69, 9.17) is 14.2 Å². The van der Waals surface area contributed by atoms with Crippen molar-refractivity contribution in [3.05, 3.63) is 170 Å². The summed E-state index contributed by atoms with van der Waals surface area (Å²) in [6.45, 7) is 6.25. The van der Waals surface area contributed by atoms with Crippen LogP contribution in [0, 0.1) is 0 Å². The number of allylic oxidation sites excluding steroid dienone is 28. The van der Waals surface area contributed by atoms with Crippen molar-refractivity contribution in [2.45, 2.75) is 219 Å². The van der Waals surface area contributed by atoms with Gasteiger partial charge >= 0.3 is 17.9 Å². The van der Waals surface area contributed by atoms with Gasteiger partial charge in [-0.3, -0.25) is 14.4 Å². The van der Waals surface area contributed by atoms with Crippen LogP contribution in [-0.2, 0) is 28.6 Å². The SMILES string of the molecule is CC/C=C\C/C=C\C/C=C\C/C=C\C/C=C\C/C=C\CCC(=O)OC[C@@H](COC(=O)CCCCCC/C=C\C/C=C\C/C=C\CCCCC)OC(=O)CCCCC/C=C\C/C=C\C/C=C\C/C=C\C/C=C\CC. The topological polar surface area (TPSA) is 78.9 Å². The van der Waals surface area contributed by atoms with Crippen molar-refractivity contribution in [3.63, 3.8) is 0 Å². The summed E-state index contributed by atoms with van der Waals surface area (Å²) < 4.78 is 16.7. The molecule has 0 fully saturated rings. The molecule has 0 aromatic carbocycles. The van der Waals surface area contributed by atoms with E-state index in [1.165, 1.54) is 25.7 Å². The maximum Gasteiger partial charge on any atom is 0.306 e. The average molecular weight is 1000 g/mol. The predicted octanol–water partition coefficient (Wildman–Crippen LogP) is 19.5. The van der Waals surface area contributed by atoms with Crippen molar-refractivity contribution in [1.82, 2.24) is 0 Å². The molecule has 0 amide bonds. The summed E-state index contributed by atoms with van der Waals surface area (Å²) in [5.41, 5.74) is 0. The molecule has 73 heavy (non-hydrogen) atoms. The number of carbonyl (C=O) groups is 3. The summed E-state index contributed by atoms with van der Waals surface area (Å²) in [6.07, 6.45) is 87.8. The Hall–Kier alpha value is -5.23. The summed E-state index contributed by atoms with van der Waals surface area (Å²) in [7, 11) is 0. The molecule has 0 N–H and O–H groups in total. The van der Waals surface area contributed by atoms with Crippen LogP contribution < -0.4 is 0 Å². The first-order valence-corrected chi connectivity index (χ1v) is 28.6. The van der Waals surface area contributed by atoms with Gasteiger partial charge in [0.15, 0.2) is 6.10 Å². The van der Waals surface area contributed by atoms with E-state index in [0.29, 0.717) is 19.3 Å². The Kier molecular flexibility index (Phi) is 55.1. The smallest absolute Gasteiger partial charge is 0.306 e. The second-order valence-electron chi connectivity index (χ2n) is 18.1. The standard InChI is InChI=1S/C67H102O6/c1-4-7-10-13-16-19-22-25-28-31-33-36-39-42-45-48-51-54-57-60-66(69)72-63-64(62-71-65(68)59-56-53-50-47-44-41-38-35-30-27-24-21-18-15-12-9-6-3)73-67(70)61-58-55-52-49-46-43-40-37-34-32-29-26-23-20-17-14-11-8-5-2/h7-8,10-11,16-21,25-30,33-34,36-38,41-43,45-46,51,54,64H,4-6,9,12-15,22-24,31-32,35,39-40,44,47-50,52-53,55-63H2,1-3H3/b10-7-,11-8-,19-16-,20-17-,21-18-,28-25-,29-26-,30-27-,36-33-,37-34-,41-38-,45-42-,46-43-,54-51-/t64-/m1/s1. The molecule has 0 aliphatic rings. The highest BCUT2D eigenvalue weighted by molar-refractivity contribution is 5.71. The maximum atomic E-state index is 12.9. The van der Waals surface area contributed by atoms with Gasteiger partial charge in [0.1, 0.15) is 13.2 Å². The van der Waals surface area contributed by atoms with Crippen molar-refractivity contribution in [2.75, 3.05) is 13.2 Å². The summed E-state index contributed by atoms with van der Waals surface area (Å²) in [5.74, 6) is -1.09. The van der Waals surface area contributed by atoms with Gasteiger partial charge in [-0.15, -0.1) is 0 Å². The minimum absolute atomic E-state index is 0.135. The van der Waals surface area contributed by atoms with Crippen molar-refractivity contribution >= 4 is 17.9 Å². The fourth-order valence-electron chi connectivity index (χ4n) is 6.97. The summed E-state index contributed by atoms with van der Waals surface area (Å²) in [6, 6.07) is 0. The molecule has 0 aliphatic heterocycles. The molecule has 0 unspecified atom stereocenters. The van der Waals surface area contributed by atoms with Gasteiger partial charge in [0.05, 0.1) is 0 Å². The van der Waals surface area contributed by atoms with Gasteiger partial charge in [-0.05, 0) is 141 Å². The molecule has 0 heterocycles. The summed E-state index contributed by atoms with van der Waals surface area (Å²) >= 11 is 0. The van der Waals surface area contributed by atoms with Gasteiger partial charge in [0, 0.05) is 19.3 Å². The quantitative estimate of drug-likeness (QED) is 0.0261. The van der Waals surface area contributed by atoms with E-state index in [1.807, 2.05) is 12.2 Å². The molecule has 0 bridgehead atoms. The van der Waals surface area contributed by atoms with Crippen molar-refractivity contribution in [2.24, 2.45) is 0 Å². The lowest BCUT2D eigenvalue weighted by Crippen LogP contribution is -2.30. The van der Waals surface area contributed by atoms with E-state index in [2.05, 4.69) is 179 Å². The highest BCUT2D eigenvalue weighted by Gasteiger charge is 2.19. The fraction of sp³-hybridized carbons (Fsp3) is 0.537. The Balaban J connectivity index is 4.65. The Morgan fingerprint density at radius 1 is 0.288 bits per heavy atom. The van der Waals surface area contributed by atoms with E-state index in [9.17, 15) is 14.4 Å². The zero-order valence-corrected chi connectivity index (χ0v) is 46.3. The Morgan fingerprint density at radius 2 is 0.562 bits per heavy atom. The molecule has 0 saturated carbocycles. The maximum absolute atomic E-state index is 12.9. The molecule has 0 aromatic heterocycles. The molecule has 0 rings (SSSR count). The van der Waals surface area contributed by atoms with Crippen LogP contribution in [0.15, 0.2) is 170 Å². The minimum atomic E-state index is -0.846. The molecule has 6 nitrogen and oxygen atoms in total. The number of rotatable bonds is 49. The molecule has 1 atom stereocenters. The van der Waals surface area contributed by atoms with E-state index >= 15 is 0 Å². The second kappa shape index (κ2) is 59.3. The second-order valence-corrected chi connectivity index (χ2v) is 18.1. The van der Waals surface area contributed by atoms with Gasteiger partial charge in [-0.2, -0.15) is 0 Å². The van der Waals surface area contributed by atoms with E-state index < -0.39 is 6.10 Å². The van der Waals surface area contributed by atoms with Crippen LogP contribution in [0.2, 0.25) is 0 Å². The van der Waals surface area contributed by atoms with Gasteiger partial charge < -0.3 is 14.2 Å². The Bertz CT molecular complexity index is 1720. The van der Waals surface area contributed by atoms with Crippen molar-refractivity contribution < 1.29 is 28.6 Å². The van der Waals surface area contributed by atoms with Crippen LogP contribution >= 0.6 is 0 Å². The normalized spacial score (nSPS) is 13.4. The molecule has 406 valence electrons. The first-order valence-electron chi connectivity index (χ1n) is 28.6. The third-order valence-electron chi connectivity index (χ3n) is 11.2. The summed E-state index contributed by atoms with van der Waals surface area (Å²) in [4.78, 5) is 38.2. The van der Waals surface area contributed by atoms with Crippen LogP contribution in [0.3, 0.4) is 0 Å². The predicted molar refractivity (Wildman–Crippen MR) is 315 cm³/mol. The molecular formula is C67H102O6. The van der Waals surface area contributed by atoms with E-state index in [-0.39, 0.29) is 44.0 Å². The first kappa shape index (κ1) is 67.8. The lowest BCUT2D eigenvalue weighted by atomic mass is 10.1. The van der Waals surface area contributed by atoms with Gasteiger partial charge in [0.2, 0.25) is 0 Å². The van der Waals surface area contributed by atoms with E-state index in [1.54, 1.807) is 0 Å². The Labute approximate surface area is 447 Å². The zero-order chi connectivity index (χ0) is 52.9. The van der Waals surface area contributed by atoms with Gasteiger partial charge in [0.25, 0.3) is 0 Å². The third kappa shape index (κ3) is 57.5. The van der Waals surface area contributed by atoms with Crippen LogP contribution in [0.25, 0.3) is 0 Å². The fourth-order valence-corrected chi connectivity index (χ4v) is 6.97. The number of ether oxygens (including phenoxy) is 3. The van der Waals surface area contributed by atoms with Crippen molar-refractivity contribution in [1.29, 1.82) is 0 Å². The van der Waals surface area contributed by atoms with Crippen LogP contribution in [0.5, 0.6) is 0 Å². The molecule has 0 radical (unpaired) electrons. The monoisotopic (exact) mass is 1000 g/mol. The van der Waals surface area contributed by atoms with Gasteiger partial charge in [-0.25, -0.2) is 0 Å². The molecule has 0 spiro atoms. The molecule has 0 aliphatic carbocycles. The molecule has 6 heteroatoms. The van der Waals surface area contributed by atoms with Crippen LogP contribution in [0.1, 0.15) is 213 Å². The highest BCUT2D eigenvalue weighted by atomic mass is 16.6. The lowest BCUT2D eigenvalue weighted by Gasteiger charge is -2.18. The highest BCUT2D eigenvalue weighted by Crippen LogP contribution is 2.11. The largest absolute Gasteiger partial charge is 0.462 e.